The lowest BCUT2D eigenvalue weighted by Gasteiger charge is -2.15. The number of amides is 2. The van der Waals surface area contributed by atoms with Gasteiger partial charge in [-0.2, -0.15) is 0 Å². The summed E-state index contributed by atoms with van der Waals surface area (Å²) in [6.45, 7) is 1.94. The van der Waals surface area contributed by atoms with Gasteiger partial charge < -0.3 is 15.0 Å². The molecule has 1 heterocycles. The Morgan fingerprint density at radius 1 is 1.19 bits per heavy atom. The fourth-order valence-electron chi connectivity index (χ4n) is 2.30. The highest BCUT2D eigenvalue weighted by Gasteiger charge is 2.17. The highest BCUT2D eigenvalue weighted by atomic mass is 16.5. The Kier molecular flexibility index (Phi) is 5.57. The van der Waals surface area contributed by atoms with E-state index in [0.717, 1.165) is 25.9 Å². The number of hydrogen-bond donors (Lipinski definition) is 2. The van der Waals surface area contributed by atoms with Crippen molar-refractivity contribution in [3.8, 4) is 5.75 Å². The van der Waals surface area contributed by atoms with Gasteiger partial charge in [0, 0.05) is 13.1 Å². The van der Waals surface area contributed by atoms with Crippen LogP contribution in [0.1, 0.15) is 12.8 Å². The van der Waals surface area contributed by atoms with Crippen molar-refractivity contribution in [3.05, 3.63) is 24.3 Å². The molecule has 6 heteroatoms. The molecule has 0 radical (unpaired) electrons. The highest BCUT2D eigenvalue weighted by molar-refractivity contribution is 5.94. The fourth-order valence-corrected chi connectivity index (χ4v) is 2.30. The van der Waals surface area contributed by atoms with Crippen LogP contribution in [-0.2, 0) is 9.59 Å². The van der Waals surface area contributed by atoms with E-state index in [4.69, 9.17) is 4.74 Å². The molecule has 21 heavy (non-hydrogen) atoms. The molecule has 1 aliphatic rings. The molecular weight excluding hydrogens is 270 g/mol. The monoisotopic (exact) mass is 291 g/mol. The number of para-hydroxylation sites is 2. The molecule has 2 N–H and O–H groups in total. The van der Waals surface area contributed by atoms with E-state index < -0.39 is 0 Å². The molecule has 1 aromatic rings. The third kappa shape index (κ3) is 4.46. The van der Waals surface area contributed by atoms with E-state index in [2.05, 4.69) is 10.6 Å². The van der Waals surface area contributed by atoms with Crippen molar-refractivity contribution in [2.24, 2.45) is 0 Å². The van der Waals surface area contributed by atoms with Crippen LogP contribution in [0, 0.1) is 0 Å². The average Bonchev–Trinajstić information content (AvgIpc) is 3.02. The van der Waals surface area contributed by atoms with Crippen LogP contribution in [0.2, 0.25) is 0 Å². The molecule has 0 aromatic heterocycles. The van der Waals surface area contributed by atoms with Crippen LogP contribution >= 0.6 is 0 Å². The quantitative estimate of drug-likeness (QED) is 0.815. The molecule has 2 amide bonds. The van der Waals surface area contributed by atoms with Crippen LogP contribution in [0.4, 0.5) is 5.69 Å². The summed E-state index contributed by atoms with van der Waals surface area (Å²) >= 11 is 0. The number of anilines is 1. The lowest BCUT2D eigenvalue weighted by atomic mass is 10.3. The minimum Gasteiger partial charge on any atom is -0.495 e. The number of hydrogen-bond acceptors (Lipinski definition) is 4. The molecule has 0 atom stereocenters. The second kappa shape index (κ2) is 7.64. The van der Waals surface area contributed by atoms with E-state index in [-0.39, 0.29) is 24.9 Å². The molecule has 2 rings (SSSR count). The summed E-state index contributed by atoms with van der Waals surface area (Å²) in [4.78, 5) is 25.5. The molecular formula is C15H21N3O3. The molecule has 1 aromatic carbocycles. The van der Waals surface area contributed by atoms with Crippen molar-refractivity contribution in [2.45, 2.75) is 12.8 Å². The number of nitrogens with one attached hydrogen (secondary N) is 2. The van der Waals surface area contributed by atoms with E-state index >= 15 is 0 Å². The zero-order chi connectivity index (χ0) is 15.1. The van der Waals surface area contributed by atoms with Crippen molar-refractivity contribution < 1.29 is 14.3 Å². The normalized spacial score (nSPS) is 14.0. The Labute approximate surface area is 124 Å². The summed E-state index contributed by atoms with van der Waals surface area (Å²) in [6.07, 6.45) is 2.14. The van der Waals surface area contributed by atoms with Crippen LogP contribution in [-0.4, -0.2) is 50.0 Å². The van der Waals surface area contributed by atoms with Gasteiger partial charge >= 0.3 is 0 Å². The lowest BCUT2D eigenvalue weighted by Crippen LogP contribution is -2.39. The van der Waals surface area contributed by atoms with E-state index in [9.17, 15) is 9.59 Å². The van der Waals surface area contributed by atoms with Crippen LogP contribution in [0.5, 0.6) is 5.75 Å². The predicted octanol–water partition coefficient (Wildman–Crippen LogP) is 0.846. The topological polar surface area (TPSA) is 70.7 Å². The van der Waals surface area contributed by atoms with Crippen molar-refractivity contribution >= 4 is 17.5 Å². The third-order valence-corrected chi connectivity index (χ3v) is 3.40. The molecule has 1 aliphatic heterocycles. The van der Waals surface area contributed by atoms with Gasteiger partial charge in [0.05, 0.1) is 25.9 Å². The number of methoxy groups -OCH3 is 1. The summed E-state index contributed by atoms with van der Waals surface area (Å²) in [5.74, 6) is 0.463. The summed E-state index contributed by atoms with van der Waals surface area (Å²) in [6, 6.07) is 7.20. The summed E-state index contributed by atoms with van der Waals surface area (Å²) in [5.41, 5.74) is 0.623. The Morgan fingerprint density at radius 2 is 1.90 bits per heavy atom. The first-order valence-corrected chi connectivity index (χ1v) is 7.12. The lowest BCUT2D eigenvalue weighted by molar-refractivity contribution is -0.129. The van der Waals surface area contributed by atoms with Gasteiger partial charge in [-0.25, -0.2) is 0 Å². The number of ether oxygens (including phenoxy) is 1. The van der Waals surface area contributed by atoms with Crippen molar-refractivity contribution in [1.29, 1.82) is 0 Å². The number of rotatable bonds is 6. The minimum absolute atomic E-state index is 0.0533. The van der Waals surface area contributed by atoms with Gasteiger partial charge in [0.2, 0.25) is 11.8 Å². The Hall–Kier alpha value is -2.08. The Morgan fingerprint density at radius 3 is 2.62 bits per heavy atom. The fraction of sp³-hybridized carbons (Fsp3) is 0.467. The standard InChI is InChI=1S/C15H21N3O3/c1-21-13-7-3-2-6-12(13)17-14(19)10-16-11-15(20)18-8-4-5-9-18/h2-3,6-7,16H,4-5,8-11H2,1H3,(H,17,19). The van der Waals surface area contributed by atoms with Crippen molar-refractivity contribution in [2.75, 3.05) is 38.6 Å². The second-order valence-corrected chi connectivity index (χ2v) is 4.94. The molecule has 0 saturated carbocycles. The Bertz CT molecular complexity index is 499. The van der Waals surface area contributed by atoms with Crippen LogP contribution < -0.4 is 15.4 Å². The zero-order valence-corrected chi connectivity index (χ0v) is 12.2. The van der Waals surface area contributed by atoms with E-state index in [1.165, 1.54) is 0 Å². The smallest absolute Gasteiger partial charge is 0.238 e. The van der Waals surface area contributed by atoms with Crippen molar-refractivity contribution in [3.63, 3.8) is 0 Å². The molecule has 1 saturated heterocycles. The average molecular weight is 291 g/mol. The first-order chi connectivity index (χ1) is 10.2. The maximum absolute atomic E-state index is 11.8. The summed E-state index contributed by atoms with van der Waals surface area (Å²) in [5, 5.41) is 5.63. The van der Waals surface area contributed by atoms with Gasteiger partial charge in [-0.1, -0.05) is 12.1 Å². The molecule has 0 aliphatic carbocycles. The highest BCUT2D eigenvalue weighted by Crippen LogP contribution is 2.22. The van der Waals surface area contributed by atoms with Crippen molar-refractivity contribution in [1.82, 2.24) is 10.2 Å². The third-order valence-electron chi connectivity index (χ3n) is 3.40. The predicted molar refractivity (Wildman–Crippen MR) is 80.3 cm³/mol. The maximum Gasteiger partial charge on any atom is 0.238 e. The van der Waals surface area contributed by atoms with Gasteiger partial charge in [-0.15, -0.1) is 0 Å². The number of likely N-dealkylation sites (tertiary alicyclic amines) is 1. The largest absolute Gasteiger partial charge is 0.495 e. The van der Waals surface area contributed by atoms with Gasteiger partial charge in [-0.3, -0.25) is 14.9 Å². The number of nitrogens with zero attached hydrogens (tertiary/aromatic N) is 1. The maximum atomic E-state index is 11.8. The number of carbonyl (C=O) groups excluding carboxylic acids is 2. The first-order valence-electron chi connectivity index (χ1n) is 7.12. The summed E-state index contributed by atoms with van der Waals surface area (Å²) < 4.78 is 5.16. The first kappa shape index (κ1) is 15.3. The molecule has 1 fully saturated rings. The molecule has 0 spiro atoms. The van der Waals surface area contributed by atoms with E-state index in [1.54, 1.807) is 19.2 Å². The van der Waals surface area contributed by atoms with Gasteiger partial charge in [0.1, 0.15) is 5.75 Å². The minimum atomic E-state index is -0.200. The number of benzene rings is 1. The second-order valence-electron chi connectivity index (χ2n) is 4.94. The number of carbonyl (C=O) groups is 2. The molecule has 6 nitrogen and oxygen atoms in total. The zero-order valence-electron chi connectivity index (χ0n) is 12.2. The molecule has 0 unspecified atom stereocenters. The van der Waals surface area contributed by atoms with Crippen LogP contribution in [0.25, 0.3) is 0 Å². The molecule has 0 bridgehead atoms. The van der Waals surface area contributed by atoms with Gasteiger partial charge in [0.15, 0.2) is 0 Å². The Balaban J connectivity index is 1.73. The SMILES string of the molecule is COc1ccccc1NC(=O)CNCC(=O)N1CCCC1. The van der Waals surface area contributed by atoms with Crippen LogP contribution in [0.3, 0.4) is 0 Å². The van der Waals surface area contributed by atoms with Gasteiger partial charge in [0.25, 0.3) is 0 Å². The molecule has 114 valence electrons. The van der Waals surface area contributed by atoms with E-state index in [0.29, 0.717) is 11.4 Å². The summed E-state index contributed by atoms with van der Waals surface area (Å²) in [7, 11) is 1.55. The van der Waals surface area contributed by atoms with Crippen LogP contribution in [0.15, 0.2) is 24.3 Å². The van der Waals surface area contributed by atoms with E-state index in [1.807, 2.05) is 17.0 Å². The van der Waals surface area contributed by atoms with Gasteiger partial charge in [-0.05, 0) is 25.0 Å².